The Morgan fingerprint density at radius 3 is 2.88 bits per heavy atom. The number of rotatable bonds is 2. The van der Waals surface area contributed by atoms with Gasteiger partial charge in [0.15, 0.2) is 6.73 Å². The van der Waals surface area contributed by atoms with Gasteiger partial charge < -0.3 is 14.1 Å². The zero-order valence-corrected chi connectivity index (χ0v) is 13.8. The van der Waals surface area contributed by atoms with E-state index >= 15 is 0 Å². The number of ether oxygens (including phenoxy) is 1. The van der Waals surface area contributed by atoms with E-state index in [1.165, 1.54) is 11.6 Å². The molecule has 0 unspecified atom stereocenters. The molecule has 2 aromatic carbocycles. The molecule has 0 saturated carbocycles. The summed E-state index contributed by atoms with van der Waals surface area (Å²) in [6, 6.07) is 13.9. The highest BCUT2D eigenvalue weighted by molar-refractivity contribution is 5.85. The largest absolute Gasteiger partial charge is 0.473 e. The summed E-state index contributed by atoms with van der Waals surface area (Å²) in [5, 5.41) is 0.959. The van der Waals surface area contributed by atoms with Gasteiger partial charge in [-0.05, 0) is 48.7 Å². The molecule has 3 aromatic rings. The zero-order chi connectivity index (χ0) is 16.7. The monoisotopic (exact) mass is 321 g/mol. The third-order valence-corrected chi connectivity index (χ3v) is 4.59. The normalized spacial score (nSPS) is 13.7. The molecule has 0 spiro atoms. The lowest BCUT2D eigenvalue weighted by Gasteiger charge is -2.31. The van der Waals surface area contributed by atoms with Crippen molar-refractivity contribution >= 4 is 16.7 Å². The van der Waals surface area contributed by atoms with Gasteiger partial charge in [0.2, 0.25) is 0 Å². The van der Waals surface area contributed by atoms with E-state index in [2.05, 4.69) is 36.1 Å². The lowest BCUT2D eigenvalue weighted by Crippen LogP contribution is -2.32. The van der Waals surface area contributed by atoms with Crippen molar-refractivity contribution in [3.05, 3.63) is 69.6 Å². The fraction of sp³-hybridized carbons (Fsp3) is 0.250. The number of fused-ring (bicyclic) bond motifs is 3. The van der Waals surface area contributed by atoms with Gasteiger partial charge in [0.1, 0.15) is 11.3 Å². The quantitative estimate of drug-likeness (QED) is 0.669. The average molecular weight is 321 g/mol. The molecule has 0 fully saturated rings. The first-order valence-electron chi connectivity index (χ1n) is 8.18. The number of hydrogen-bond donors (Lipinski definition) is 0. The molecule has 1 aliphatic heterocycles. The molecule has 0 atom stereocenters. The molecule has 4 rings (SSSR count). The summed E-state index contributed by atoms with van der Waals surface area (Å²) < 4.78 is 11.4. The first kappa shape index (κ1) is 14.8. The van der Waals surface area contributed by atoms with Crippen molar-refractivity contribution in [3.63, 3.8) is 0 Å². The Hall–Kier alpha value is -2.75. The second-order valence-electron chi connectivity index (χ2n) is 6.16. The van der Waals surface area contributed by atoms with Gasteiger partial charge >= 0.3 is 5.63 Å². The van der Waals surface area contributed by atoms with Crippen molar-refractivity contribution in [3.8, 4) is 5.75 Å². The van der Waals surface area contributed by atoms with Crippen LogP contribution >= 0.6 is 0 Å². The minimum Gasteiger partial charge on any atom is -0.473 e. The highest BCUT2D eigenvalue weighted by Gasteiger charge is 2.22. The fourth-order valence-corrected chi connectivity index (χ4v) is 3.23. The van der Waals surface area contributed by atoms with Crippen molar-refractivity contribution in [2.75, 3.05) is 11.6 Å². The van der Waals surface area contributed by atoms with E-state index in [9.17, 15) is 4.79 Å². The molecule has 2 heterocycles. The lowest BCUT2D eigenvalue weighted by atomic mass is 10.0. The zero-order valence-electron chi connectivity index (χ0n) is 13.8. The van der Waals surface area contributed by atoms with Crippen LogP contribution in [0.2, 0.25) is 0 Å². The van der Waals surface area contributed by atoms with Crippen molar-refractivity contribution < 1.29 is 9.15 Å². The summed E-state index contributed by atoms with van der Waals surface area (Å²) in [4.78, 5) is 14.0. The Kier molecular flexibility index (Phi) is 3.53. The Morgan fingerprint density at radius 1 is 1.17 bits per heavy atom. The van der Waals surface area contributed by atoms with E-state index in [-0.39, 0.29) is 5.63 Å². The maximum Gasteiger partial charge on any atom is 0.336 e. The molecule has 4 heteroatoms. The third kappa shape index (κ3) is 2.44. The van der Waals surface area contributed by atoms with E-state index in [1.807, 2.05) is 19.1 Å². The molecule has 24 heavy (non-hydrogen) atoms. The van der Waals surface area contributed by atoms with Crippen LogP contribution in [0, 0.1) is 6.92 Å². The molecule has 0 saturated heterocycles. The van der Waals surface area contributed by atoms with Crippen LogP contribution in [0.3, 0.4) is 0 Å². The Bertz CT molecular complexity index is 974. The third-order valence-electron chi connectivity index (χ3n) is 4.59. The van der Waals surface area contributed by atoms with Gasteiger partial charge in [-0.15, -0.1) is 0 Å². The number of hydrogen-bond acceptors (Lipinski definition) is 4. The molecule has 1 aromatic heterocycles. The van der Waals surface area contributed by atoms with Crippen LogP contribution < -0.4 is 15.3 Å². The molecular weight excluding hydrogens is 302 g/mol. The highest BCUT2D eigenvalue weighted by atomic mass is 16.5. The minimum atomic E-state index is -0.321. The molecule has 122 valence electrons. The summed E-state index contributed by atoms with van der Waals surface area (Å²) in [6.07, 6.45) is 0.996. The first-order chi connectivity index (χ1) is 11.7. The van der Waals surface area contributed by atoms with Gasteiger partial charge in [-0.1, -0.05) is 19.1 Å². The van der Waals surface area contributed by atoms with Crippen LogP contribution in [0.4, 0.5) is 5.69 Å². The first-order valence-corrected chi connectivity index (χ1v) is 8.18. The van der Waals surface area contributed by atoms with Crippen molar-refractivity contribution in [1.29, 1.82) is 0 Å². The van der Waals surface area contributed by atoms with E-state index in [4.69, 9.17) is 9.15 Å². The van der Waals surface area contributed by atoms with Crippen LogP contribution in [0.5, 0.6) is 5.75 Å². The second-order valence-corrected chi connectivity index (χ2v) is 6.16. The van der Waals surface area contributed by atoms with Crippen LogP contribution in [0.15, 0.2) is 51.7 Å². The van der Waals surface area contributed by atoms with E-state index < -0.39 is 0 Å². The van der Waals surface area contributed by atoms with Crippen molar-refractivity contribution in [1.82, 2.24) is 0 Å². The average Bonchev–Trinajstić information content (AvgIpc) is 2.61. The number of anilines is 1. The standard InChI is InChI=1S/C20H19NO3/c1-3-14-5-4-6-15(10-14)21-11-17-18(23-12-21)8-7-16-13(2)9-19(22)24-20(16)17/h4-10H,3,11-12H2,1-2H3. The molecule has 0 aliphatic carbocycles. The molecule has 1 aliphatic rings. The van der Waals surface area contributed by atoms with Gasteiger partial charge in [-0.25, -0.2) is 4.79 Å². The van der Waals surface area contributed by atoms with Gasteiger partial charge in [0.05, 0.1) is 12.1 Å². The smallest absolute Gasteiger partial charge is 0.336 e. The summed E-state index contributed by atoms with van der Waals surface area (Å²) >= 11 is 0. The maximum atomic E-state index is 11.8. The Morgan fingerprint density at radius 2 is 2.04 bits per heavy atom. The van der Waals surface area contributed by atoms with E-state index in [0.29, 0.717) is 18.9 Å². The SMILES string of the molecule is CCc1cccc(N2COc3ccc4c(C)cc(=O)oc4c3C2)c1. The van der Waals surface area contributed by atoms with Crippen molar-refractivity contribution in [2.24, 2.45) is 0 Å². The summed E-state index contributed by atoms with van der Waals surface area (Å²) in [5.74, 6) is 0.791. The van der Waals surface area contributed by atoms with Crippen molar-refractivity contribution in [2.45, 2.75) is 26.8 Å². The van der Waals surface area contributed by atoms with Gasteiger partial charge in [0, 0.05) is 17.1 Å². The van der Waals surface area contributed by atoms with Gasteiger partial charge in [-0.3, -0.25) is 0 Å². The molecule has 4 nitrogen and oxygen atoms in total. The van der Waals surface area contributed by atoms with Crippen LogP contribution in [-0.2, 0) is 13.0 Å². The topological polar surface area (TPSA) is 42.7 Å². The van der Waals surface area contributed by atoms with E-state index in [1.54, 1.807) is 0 Å². The molecular formula is C20H19NO3. The Labute approximate surface area is 140 Å². The van der Waals surface area contributed by atoms with Crippen LogP contribution in [0.25, 0.3) is 11.0 Å². The maximum absolute atomic E-state index is 11.8. The second kappa shape index (κ2) is 5.71. The fourth-order valence-electron chi connectivity index (χ4n) is 3.23. The number of nitrogens with zero attached hydrogens (tertiary/aromatic N) is 1. The predicted molar refractivity (Wildman–Crippen MR) is 94.7 cm³/mol. The molecule has 0 amide bonds. The highest BCUT2D eigenvalue weighted by Crippen LogP contribution is 2.34. The number of benzene rings is 2. The summed E-state index contributed by atoms with van der Waals surface area (Å²) in [6.45, 7) is 5.22. The van der Waals surface area contributed by atoms with Crippen LogP contribution in [-0.4, -0.2) is 6.73 Å². The van der Waals surface area contributed by atoms with Gasteiger partial charge in [-0.2, -0.15) is 0 Å². The van der Waals surface area contributed by atoms with Crippen LogP contribution in [0.1, 0.15) is 23.6 Å². The lowest BCUT2D eigenvalue weighted by molar-refractivity contribution is 0.289. The molecule has 0 bridgehead atoms. The minimum absolute atomic E-state index is 0.321. The summed E-state index contributed by atoms with van der Waals surface area (Å²) in [5.41, 5.74) is 4.58. The Balaban J connectivity index is 1.81. The summed E-state index contributed by atoms with van der Waals surface area (Å²) in [7, 11) is 0. The van der Waals surface area contributed by atoms with Gasteiger partial charge in [0.25, 0.3) is 0 Å². The number of aryl methyl sites for hydroxylation is 2. The van der Waals surface area contributed by atoms with E-state index in [0.717, 1.165) is 34.4 Å². The predicted octanol–water partition coefficient (Wildman–Crippen LogP) is 4.02. The molecule has 0 N–H and O–H groups in total. The molecule has 0 radical (unpaired) electrons.